The summed E-state index contributed by atoms with van der Waals surface area (Å²) in [5.41, 5.74) is 2.19. The van der Waals surface area contributed by atoms with Crippen LogP contribution in [-0.4, -0.2) is 38.2 Å². The van der Waals surface area contributed by atoms with Gasteiger partial charge in [-0.1, -0.05) is 35.3 Å². The fraction of sp³-hybridized carbons (Fsp3) is 0.280. The van der Waals surface area contributed by atoms with E-state index in [1.54, 1.807) is 68.2 Å². The van der Waals surface area contributed by atoms with Crippen LogP contribution in [0.2, 0.25) is 10.0 Å². The third kappa shape index (κ3) is 6.57. The van der Waals surface area contributed by atoms with E-state index in [-0.39, 0.29) is 58.4 Å². The van der Waals surface area contributed by atoms with Gasteiger partial charge in [-0.25, -0.2) is 19.0 Å². The van der Waals surface area contributed by atoms with Crippen LogP contribution in [-0.2, 0) is 30.8 Å². The lowest BCUT2D eigenvalue weighted by atomic mass is 9.80. The molecule has 1 aliphatic rings. The Morgan fingerprint density at radius 2 is 1.56 bits per heavy atom. The summed E-state index contributed by atoms with van der Waals surface area (Å²) in [6.45, 7) is 3.05. The van der Waals surface area contributed by atoms with Gasteiger partial charge in [-0.15, -0.1) is 0 Å². The number of hydrogen-bond donors (Lipinski definition) is 1. The lowest BCUT2D eigenvalue weighted by Crippen LogP contribution is -3.00. The van der Waals surface area contributed by atoms with Gasteiger partial charge in [-0.2, -0.15) is 0 Å². The largest absolute Gasteiger partial charge is 1.00 e. The number of carbonyl (C=O) groups excluding carboxylic acids is 3. The van der Waals surface area contributed by atoms with Crippen molar-refractivity contribution in [1.82, 2.24) is 5.32 Å². The number of methoxy groups -OCH3 is 1. The number of pyridine rings is 1. The van der Waals surface area contributed by atoms with Crippen LogP contribution in [0.5, 0.6) is 0 Å². The maximum absolute atomic E-state index is 13.2. The van der Waals surface area contributed by atoms with Gasteiger partial charge in [0.15, 0.2) is 12.4 Å². The highest BCUT2D eigenvalue weighted by Crippen LogP contribution is 2.43. The molecule has 0 aliphatic carbocycles. The van der Waals surface area contributed by atoms with Gasteiger partial charge in [0.25, 0.3) is 0 Å². The van der Waals surface area contributed by atoms with Crippen molar-refractivity contribution in [3.63, 3.8) is 0 Å². The molecule has 2 heterocycles. The Morgan fingerprint density at radius 3 is 2.17 bits per heavy atom. The number of aryl methyl sites for hydroxylation is 1. The van der Waals surface area contributed by atoms with Crippen LogP contribution in [0, 0.1) is 0 Å². The third-order valence-corrected chi connectivity index (χ3v) is 6.24. The highest BCUT2D eigenvalue weighted by molar-refractivity contribution is 6.42. The molecule has 1 unspecified atom stereocenters. The molecule has 0 spiro atoms. The smallest absolute Gasteiger partial charge is 0.344 e. The zero-order valence-electron chi connectivity index (χ0n) is 20.1. The molecule has 0 saturated carbocycles. The summed E-state index contributed by atoms with van der Waals surface area (Å²) in [5.74, 6) is -2.75. The highest BCUT2D eigenvalue weighted by Gasteiger charge is 2.39. The number of nitrogens with zero attached hydrogens (tertiary/aromatic N) is 1. The lowest BCUT2D eigenvalue weighted by Gasteiger charge is -2.30. The van der Waals surface area contributed by atoms with Crippen LogP contribution >= 0.6 is 23.2 Å². The minimum Gasteiger partial charge on any atom is -1.00 e. The Balaban J connectivity index is 0.00000456. The normalized spacial score (nSPS) is 15.0. The molecule has 1 N–H and O–H groups in total. The van der Waals surface area contributed by atoms with Crippen molar-refractivity contribution < 1.29 is 57.1 Å². The minimum absolute atomic E-state index is 0. The zero-order chi connectivity index (χ0) is 25.7. The van der Waals surface area contributed by atoms with Gasteiger partial charge in [-0.3, -0.25) is 0 Å². The number of hydrogen-bond acceptors (Lipinski definition) is 7. The first-order valence-corrected chi connectivity index (χ1v) is 11.4. The Hall–Kier alpha value is -2.63. The molecule has 0 fully saturated rings. The molecule has 11 heteroatoms. The van der Waals surface area contributed by atoms with Crippen molar-refractivity contribution in [1.29, 1.82) is 0 Å². The van der Waals surface area contributed by atoms with E-state index in [4.69, 9.17) is 37.4 Å². The minimum atomic E-state index is -0.880. The summed E-state index contributed by atoms with van der Waals surface area (Å²) >= 11 is 12.7. The molecule has 1 atom stereocenters. The Kier molecular flexibility index (Phi) is 10.7. The first-order valence-electron chi connectivity index (χ1n) is 10.7. The number of nitrogens with one attached hydrogen (secondary N) is 1. The summed E-state index contributed by atoms with van der Waals surface area (Å²) in [6.07, 6.45) is 3.41. The molecule has 0 bridgehead atoms. The molecule has 36 heavy (non-hydrogen) atoms. The van der Waals surface area contributed by atoms with E-state index >= 15 is 0 Å². The second-order valence-corrected chi connectivity index (χ2v) is 8.59. The summed E-state index contributed by atoms with van der Waals surface area (Å²) in [4.78, 5) is 38.1. The van der Waals surface area contributed by atoms with E-state index in [2.05, 4.69) is 5.32 Å². The summed E-state index contributed by atoms with van der Waals surface area (Å²) in [5, 5.41) is 3.52. The first-order chi connectivity index (χ1) is 16.6. The number of carbonyl (C=O) groups is 3. The van der Waals surface area contributed by atoms with Crippen LogP contribution in [0.25, 0.3) is 0 Å². The van der Waals surface area contributed by atoms with Crippen LogP contribution in [0.1, 0.15) is 35.7 Å². The van der Waals surface area contributed by atoms with E-state index < -0.39 is 23.8 Å². The second kappa shape index (κ2) is 13.1. The van der Waals surface area contributed by atoms with Gasteiger partial charge in [0.2, 0.25) is 0 Å². The van der Waals surface area contributed by atoms with E-state index in [1.807, 2.05) is 0 Å². The molecule has 0 saturated heterocycles. The molecule has 0 amide bonds. The molecular formula is C25H25Cl2IN2O6. The quantitative estimate of drug-likeness (QED) is 0.155. The fourth-order valence-electron chi connectivity index (χ4n) is 3.84. The van der Waals surface area contributed by atoms with Gasteiger partial charge < -0.3 is 43.5 Å². The Bertz CT molecular complexity index is 1240. The topological polar surface area (TPSA) is 94.8 Å². The molecule has 1 aromatic heterocycles. The number of rotatable bonds is 7. The van der Waals surface area contributed by atoms with Crippen molar-refractivity contribution in [3.05, 3.63) is 86.4 Å². The van der Waals surface area contributed by atoms with Crippen LogP contribution in [0.3, 0.4) is 0 Å². The molecule has 2 aromatic rings. The maximum atomic E-state index is 13.2. The SMILES string of the molecule is COC(=O)C1=C(C)NC(C)=C(C(=O)OCCOC(=O)c2ccc[n+](C)c2)C1c1cccc(Cl)c1Cl.[I-]. The molecular weight excluding hydrogens is 622 g/mol. The zero-order valence-corrected chi connectivity index (χ0v) is 23.7. The van der Waals surface area contributed by atoms with E-state index in [0.29, 0.717) is 22.5 Å². The number of allylic oxidation sites excluding steroid dienone is 2. The molecule has 0 radical (unpaired) electrons. The molecule has 1 aromatic carbocycles. The van der Waals surface area contributed by atoms with E-state index in [1.165, 1.54) is 7.11 Å². The van der Waals surface area contributed by atoms with Crippen molar-refractivity contribution in [2.75, 3.05) is 20.3 Å². The number of dihydropyridines is 1. The second-order valence-electron chi connectivity index (χ2n) is 7.80. The standard InChI is InChI=1S/C25H24Cl2N2O6.HI/c1-14-19(24(31)33-4)21(17-8-5-9-18(26)22(17)27)20(15(2)28-14)25(32)35-12-11-34-23(30)16-7-6-10-29(3)13-16;/h5-10,13,21H,11-12H2,1-4H3;1H. The van der Waals surface area contributed by atoms with Gasteiger partial charge in [0, 0.05) is 17.5 Å². The van der Waals surface area contributed by atoms with Crippen molar-refractivity contribution in [3.8, 4) is 0 Å². The highest BCUT2D eigenvalue weighted by atomic mass is 127. The van der Waals surface area contributed by atoms with Crippen LogP contribution in [0.4, 0.5) is 0 Å². The Morgan fingerprint density at radius 1 is 0.944 bits per heavy atom. The number of ether oxygens (including phenoxy) is 3. The molecule has 192 valence electrons. The molecule has 1 aliphatic heterocycles. The van der Waals surface area contributed by atoms with Gasteiger partial charge in [-0.05, 0) is 31.5 Å². The maximum Gasteiger partial charge on any atom is 0.344 e. The summed E-state index contributed by atoms with van der Waals surface area (Å²) in [7, 11) is 3.04. The van der Waals surface area contributed by atoms with Gasteiger partial charge in [0.05, 0.1) is 34.2 Å². The lowest BCUT2D eigenvalue weighted by molar-refractivity contribution is -0.671. The van der Waals surface area contributed by atoms with E-state index in [0.717, 1.165) is 0 Å². The predicted molar refractivity (Wildman–Crippen MR) is 129 cm³/mol. The van der Waals surface area contributed by atoms with Gasteiger partial charge >= 0.3 is 17.9 Å². The number of aromatic nitrogens is 1. The Labute approximate surface area is 236 Å². The van der Waals surface area contributed by atoms with Crippen LogP contribution in [0.15, 0.2) is 65.3 Å². The van der Waals surface area contributed by atoms with Crippen LogP contribution < -0.4 is 33.9 Å². The average molecular weight is 647 g/mol. The molecule has 3 rings (SSSR count). The predicted octanol–water partition coefficient (Wildman–Crippen LogP) is 0.630. The number of benzene rings is 1. The number of halogens is 3. The summed E-state index contributed by atoms with van der Waals surface area (Å²) in [6, 6.07) is 8.31. The van der Waals surface area contributed by atoms with Crippen molar-refractivity contribution in [2.45, 2.75) is 19.8 Å². The first kappa shape index (κ1) is 29.6. The average Bonchev–Trinajstić information content (AvgIpc) is 2.82. The number of esters is 3. The third-order valence-electron chi connectivity index (χ3n) is 5.40. The summed E-state index contributed by atoms with van der Waals surface area (Å²) < 4.78 is 17.3. The monoisotopic (exact) mass is 646 g/mol. The van der Waals surface area contributed by atoms with Crippen molar-refractivity contribution >= 4 is 41.1 Å². The van der Waals surface area contributed by atoms with Crippen molar-refractivity contribution in [2.24, 2.45) is 7.05 Å². The van der Waals surface area contributed by atoms with E-state index in [9.17, 15) is 14.4 Å². The fourth-order valence-corrected chi connectivity index (χ4v) is 4.25. The van der Waals surface area contributed by atoms with Gasteiger partial charge in [0.1, 0.15) is 25.8 Å². The molecule has 8 nitrogen and oxygen atoms in total.